The van der Waals surface area contributed by atoms with E-state index in [1.165, 1.54) is 0 Å². The molecule has 4 heterocycles. The van der Waals surface area contributed by atoms with E-state index < -0.39 is 0 Å². The number of nitrogens with zero attached hydrogens (tertiary/aromatic N) is 4. The van der Waals surface area contributed by atoms with Crippen LogP contribution in [0, 0.1) is 12.8 Å². The molecule has 2 atom stereocenters. The third-order valence-electron chi connectivity index (χ3n) is 4.86. The Kier molecular flexibility index (Phi) is 4.50. The maximum atomic E-state index is 5.65. The highest BCUT2D eigenvalue weighted by Crippen LogP contribution is 2.31. The van der Waals surface area contributed by atoms with E-state index >= 15 is 0 Å². The summed E-state index contributed by atoms with van der Waals surface area (Å²) < 4.78 is 13.3. The molecule has 4 rings (SSSR count). The molecule has 3 aromatic heterocycles. The monoisotopic (exact) mass is 356 g/mol. The average Bonchev–Trinajstić information content (AvgIpc) is 3.24. The first-order valence-corrected chi connectivity index (χ1v) is 9.04. The van der Waals surface area contributed by atoms with Gasteiger partial charge in [0, 0.05) is 18.7 Å². The smallest absolute Gasteiger partial charge is 0.232 e. The van der Waals surface area contributed by atoms with E-state index in [1.807, 2.05) is 25.4 Å². The van der Waals surface area contributed by atoms with Crippen LogP contribution in [0.25, 0.3) is 11.0 Å². The van der Waals surface area contributed by atoms with Crippen LogP contribution in [0.1, 0.15) is 32.0 Å². The number of H-pyrrole nitrogens is 1. The van der Waals surface area contributed by atoms with Crippen LogP contribution in [0.5, 0.6) is 5.88 Å². The lowest BCUT2D eigenvalue weighted by atomic mass is 9.98. The topological polar surface area (TPSA) is 89.9 Å². The lowest BCUT2D eigenvalue weighted by Crippen LogP contribution is -2.29. The van der Waals surface area contributed by atoms with Gasteiger partial charge in [0.2, 0.25) is 11.8 Å². The lowest BCUT2D eigenvalue weighted by Gasteiger charge is -2.30. The van der Waals surface area contributed by atoms with Crippen LogP contribution < -0.4 is 10.1 Å². The fraction of sp³-hybridized carbons (Fsp3) is 0.500. The molecule has 0 bridgehead atoms. The molecule has 8 heteroatoms. The summed E-state index contributed by atoms with van der Waals surface area (Å²) in [6.07, 6.45) is 4.64. The van der Waals surface area contributed by atoms with Gasteiger partial charge in [0.1, 0.15) is 5.65 Å². The molecule has 3 aromatic rings. The minimum atomic E-state index is 0.352. The molecule has 8 nitrogen and oxygen atoms in total. The Bertz CT molecular complexity index is 902. The van der Waals surface area contributed by atoms with Crippen LogP contribution in [-0.4, -0.2) is 44.6 Å². The van der Waals surface area contributed by atoms with Gasteiger partial charge in [0.15, 0.2) is 0 Å². The van der Waals surface area contributed by atoms with Crippen LogP contribution in [-0.2, 0) is 4.74 Å². The van der Waals surface area contributed by atoms with E-state index in [-0.39, 0.29) is 0 Å². The predicted octanol–water partition coefficient (Wildman–Crippen LogP) is 3.20. The molecule has 2 N–H and O–H groups in total. The fourth-order valence-corrected chi connectivity index (χ4v) is 3.45. The molecular weight excluding hydrogens is 332 g/mol. The SMILES string of the molecule is CCOc1nc(Nc2cnn([C@H]3CCOC[C@H]3C)c2C)nc2[nH]ccc12. The van der Waals surface area contributed by atoms with Crippen LogP contribution >= 0.6 is 0 Å². The molecule has 1 aliphatic rings. The summed E-state index contributed by atoms with van der Waals surface area (Å²) in [5.74, 6) is 1.50. The highest BCUT2D eigenvalue weighted by Gasteiger charge is 2.26. The molecule has 0 spiro atoms. The second-order valence-electron chi connectivity index (χ2n) is 6.65. The summed E-state index contributed by atoms with van der Waals surface area (Å²) in [6.45, 7) is 8.31. The van der Waals surface area contributed by atoms with E-state index in [0.717, 1.165) is 42.0 Å². The van der Waals surface area contributed by atoms with Crippen molar-refractivity contribution < 1.29 is 9.47 Å². The maximum Gasteiger partial charge on any atom is 0.232 e. The van der Waals surface area contributed by atoms with Gasteiger partial charge in [-0.05, 0) is 26.3 Å². The Morgan fingerprint density at radius 1 is 1.42 bits per heavy atom. The number of ether oxygens (including phenoxy) is 2. The first-order chi connectivity index (χ1) is 12.7. The van der Waals surface area contributed by atoms with Crippen molar-refractivity contribution in [3.63, 3.8) is 0 Å². The van der Waals surface area contributed by atoms with E-state index in [1.54, 1.807) is 0 Å². The van der Waals surface area contributed by atoms with Gasteiger partial charge in [-0.3, -0.25) is 4.68 Å². The third kappa shape index (κ3) is 3.01. The van der Waals surface area contributed by atoms with Crippen molar-refractivity contribution in [3.05, 3.63) is 24.2 Å². The average molecular weight is 356 g/mol. The summed E-state index contributed by atoms with van der Waals surface area (Å²) in [5.41, 5.74) is 2.71. The summed E-state index contributed by atoms with van der Waals surface area (Å²) in [6, 6.07) is 2.27. The number of rotatable bonds is 5. The number of aromatic nitrogens is 5. The molecule has 0 radical (unpaired) electrons. The second-order valence-corrected chi connectivity index (χ2v) is 6.65. The summed E-state index contributed by atoms with van der Waals surface area (Å²) in [4.78, 5) is 12.2. The molecule has 0 saturated carbocycles. The van der Waals surface area contributed by atoms with Crippen LogP contribution in [0.3, 0.4) is 0 Å². The third-order valence-corrected chi connectivity index (χ3v) is 4.86. The van der Waals surface area contributed by atoms with Crippen molar-refractivity contribution in [3.8, 4) is 5.88 Å². The zero-order valence-electron chi connectivity index (χ0n) is 15.3. The molecule has 26 heavy (non-hydrogen) atoms. The molecule has 138 valence electrons. The Labute approximate surface area is 151 Å². The molecule has 0 unspecified atom stereocenters. The molecule has 0 amide bonds. The van der Waals surface area contributed by atoms with Crippen molar-refractivity contribution in [1.29, 1.82) is 0 Å². The summed E-state index contributed by atoms with van der Waals surface area (Å²) >= 11 is 0. The Morgan fingerprint density at radius 2 is 2.31 bits per heavy atom. The largest absolute Gasteiger partial charge is 0.477 e. The Balaban J connectivity index is 1.62. The van der Waals surface area contributed by atoms with Crippen LogP contribution in [0.2, 0.25) is 0 Å². The minimum Gasteiger partial charge on any atom is -0.477 e. The van der Waals surface area contributed by atoms with Gasteiger partial charge in [-0.2, -0.15) is 15.1 Å². The number of nitrogens with one attached hydrogen (secondary N) is 2. The van der Waals surface area contributed by atoms with Gasteiger partial charge in [0.05, 0.1) is 42.2 Å². The predicted molar refractivity (Wildman–Crippen MR) is 98.9 cm³/mol. The van der Waals surface area contributed by atoms with Gasteiger partial charge < -0.3 is 19.8 Å². The zero-order valence-corrected chi connectivity index (χ0v) is 15.3. The van der Waals surface area contributed by atoms with Crippen molar-refractivity contribution >= 4 is 22.7 Å². The molecule has 1 aliphatic heterocycles. The van der Waals surface area contributed by atoms with E-state index in [0.29, 0.717) is 30.4 Å². The highest BCUT2D eigenvalue weighted by molar-refractivity contribution is 5.82. The van der Waals surface area contributed by atoms with Crippen molar-refractivity contribution in [1.82, 2.24) is 24.7 Å². The summed E-state index contributed by atoms with van der Waals surface area (Å²) in [5, 5.41) is 8.77. The number of hydrogen-bond donors (Lipinski definition) is 2. The molecule has 0 aromatic carbocycles. The Morgan fingerprint density at radius 3 is 3.12 bits per heavy atom. The maximum absolute atomic E-state index is 5.65. The molecule has 1 saturated heterocycles. The van der Waals surface area contributed by atoms with Gasteiger partial charge >= 0.3 is 0 Å². The molecule has 1 fully saturated rings. The fourth-order valence-electron chi connectivity index (χ4n) is 3.45. The van der Waals surface area contributed by atoms with E-state index in [2.05, 4.69) is 43.9 Å². The lowest BCUT2D eigenvalue weighted by molar-refractivity contribution is 0.0244. The van der Waals surface area contributed by atoms with Crippen molar-refractivity contribution in [2.24, 2.45) is 5.92 Å². The first-order valence-electron chi connectivity index (χ1n) is 9.04. The molecular formula is C18H24N6O2. The van der Waals surface area contributed by atoms with Crippen LogP contribution in [0.15, 0.2) is 18.5 Å². The highest BCUT2D eigenvalue weighted by atomic mass is 16.5. The molecule has 0 aliphatic carbocycles. The normalized spacial score (nSPS) is 20.4. The van der Waals surface area contributed by atoms with E-state index in [4.69, 9.17) is 9.47 Å². The van der Waals surface area contributed by atoms with Crippen molar-refractivity contribution in [2.75, 3.05) is 25.1 Å². The van der Waals surface area contributed by atoms with Crippen molar-refractivity contribution in [2.45, 2.75) is 33.2 Å². The summed E-state index contributed by atoms with van der Waals surface area (Å²) in [7, 11) is 0. The minimum absolute atomic E-state index is 0.352. The standard InChI is InChI=1S/C18H24N6O2/c1-4-26-17-13-5-7-19-16(13)22-18(23-17)21-14-9-20-24(12(14)3)15-6-8-25-10-11(15)2/h5,7,9,11,15H,4,6,8,10H2,1-3H3,(H2,19,21,22,23)/t11-,15+/m1/s1. The first kappa shape index (κ1) is 16.8. The van der Waals surface area contributed by atoms with Gasteiger partial charge in [-0.15, -0.1) is 0 Å². The number of aromatic amines is 1. The van der Waals surface area contributed by atoms with Gasteiger partial charge in [-0.25, -0.2) is 0 Å². The quantitative estimate of drug-likeness (QED) is 0.730. The number of anilines is 2. The van der Waals surface area contributed by atoms with E-state index in [9.17, 15) is 0 Å². The zero-order chi connectivity index (χ0) is 18.1. The van der Waals surface area contributed by atoms with Gasteiger partial charge in [0.25, 0.3) is 0 Å². The van der Waals surface area contributed by atoms with Crippen LogP contribution in [0.4, 0.5) is 11.6 Å². The second kappa shape index (κ2) is 6.95. The number of hydrogen-bond acceptors (Lipinski definition) is 6. The van der Waals surface area contributed by atoms with Gasteiger partial charge in [-0.1, -0.05) is 6.92 Å². The Hall–Kier alpha value is -2.61. The number of fused-ring (bicyclic) bond motifs is 1.